The molecule has 150 valence electrons. The molecule has 0 bridgehead atoms. The first kappa shape index (κ1) is 19.9. The number of aliphatic carboxylic acids is 1. The Bertz CT molecular complexity index is 1090. The van der Waals surface area contributed by atoms with Gasteiger partial charge in [-0.1, -0.05) is 0 Å². The largest absolute Gasteiger partial charge is 0.480 e. The number of hydrogen-bond acceptors (Lipinski definition) is 10. The van der Waals surface area contributed by atoms with Gasteiger partial charge < -0.3 is 25.0 Å². The van der Waals surface area contributed by atoms with Crippen LogP contribution in [0, 0.1) is 0 Å². The monoisotopic (exact) mass is 503 g/mol. The number of nitrogens with two attached hydrogens (primary N) is 1. The number of aromatic amines is 1. The third-order valence-electron chi connectivity index (χ3n) is 3.95. The Morgan fingerprint density at radius 2 is 2.21 bits per heavy atom. The van der Waals surface area contributed by atoms with Gasteiger partial charge >= 0.3 is 11.7 Å². The van der Waals surface area contributed by atoms with E-state index in [-0.39, 0.29) is 42.3 Å². The minimum atomic E-state index is -1.03. The van der Waals surface area contributed by atoms with E-state index in [2.05, 4.69) is 32.3 Å². The molecule has 28 heavy (non-hydrogen) atoms. The van der Waals surface area contributed by atoms with E-state index in [0.29, 0.717) is 5.70 Å². The quantitative estimate of drug-likeness (QED) is 0.193. The van der Waals surface area contributed by atoms with Crippen LogP contribution in [-0.4, -0.2) is 50.2 Å². The van der Waals surface area contributed by atoms with Crippen molar-refractivity contribution in [2.24, 2.45) is 3.15 Å². The fourth-order valence-corrected chi connectivity index (χ4v) is 3.89. The van der Waals surface area contributed by atoms with Crippen molar-refractivity contribution in [1.82, 2.24) is 28.4 Å². The number of fused-ring (bicyclic) bond motifs is 1. The van der Waals surface area contributed by atoms with Crippen molar-refractivity contribution in [1.29, 1.82) is 0 Å². The maximum absolute atomic E-state index is 12.3. The molecule has 2 aromatic heterocycles. The van der Waals surface area contributed by atoms with Gasteiger partial charge in [-0.25, -0.2) is 7.94 Å². The Kier molecular flexibility index (Phi) is 5.98. The van der Waals surface area contributed by atoms with E-state index in [4.69, 9.17) is 5.73 Å². The van der Waals surface area contributed by atoms with Crippen molar-refractivity contribution >= 4 is 50.1 Å². The van der Waals surface area contributed by atoms with Crippen LogP contribution in [0.1, 0.15) is 6.42 Å². The predicted molar refractivity (Wildman–Crippen MR) is 110 cm³/mol. The summed E-state index contributed by atoms with van der Waals surface area (Å²) in [5, 5.41) is 15.0. The molecule has 0 spiro atoms. The van der Waals surface area contributed by atoms with Gasteiger partial charge in [-0.15, -0.1) is 0 Å². The van der Waals surface area contributed by atoms with Crippen LogP contribution in [0.4, 0.5) is 11.8 Å². The lowest BCUT2D eigenvalue weighted by atomic mass is 10.1. The van der Waals surface area contributed by atoms with Gasteiger partial charge in [0.05, 0.1) is 5.70 Å². The number of hydrogen-bond donors (Lipinski definition) is 6. The number of halogens is 1. The highest BCUT2D eigenvalue weighted by Gasteiger charge is 2.20. The first-order valence-electron chi connectivity index (χ1n) is 8.13. The first-order valence-corrected chi connectivity index (χ1v) is 10.2. The Morgan fingerprint density at radius 3 is 2.86 bits per heavy atom. The lowest BCUT2D eigenvalue weighted by Crippen LogP contribution is -2.40. The zero-order chi connectivity index (χ0) is 20.3. The van der Waals surface area contributed by atoms with Crippen molar-refractivity contribution in [3.05, 3.63) is 32.7 Å². The summed E-state index contributed by atoms with van der Waals surface area (Å²) in [6.07, 6.45) is 1.93. The number of rotatable bonds is 8. The predicted octanol–water partition coefficient (Wildman–Crippen LogP) is -0.949. The second-order valence-electron chi connectivity index (χ2n) is 5.76. The minimum absolute atomic E-state index is 0.00158. The van der Waals surface area contributed by atoms with Gasteiger partial charge in [0.25, 0.3) is 5.56 Å². The average molecular weight is 503 g/mol. The smallest absolute Gasteiger partial charge is 0.351 e. The SMILES string of the molecule is CNc1nc2c(c(N)nc(=O)n2CCN[C@@H](CC2=CNI=N2)C(=O)O)c(=O)[nH]1. The van der Waals surface area contributed by atoms with E-state index in [9.17, 15) is 19.5 Å². The summed E-state index contributed by atoms with van der Waals surface area (Å²) in [5.41, 5.74) is 5.26. The molecule has 13 nitrogen and oxygen atoms in total. The highest BCUT2D eigenvalue weighted by Crippen LogP contribution is 2.17. The molecular formula is C14H18IN9O4. The van der Waals surface area contributed by atoms with Gasteiger partial charge in [0.1, 0.15) is 38.6 Å². The lowest BCUT2D eigenvalue weighted by molar-refractivity contribution is -0.139. The summed E-state index contributed by atoms with van der Waals surface area (Å²) in [6.45, 7) is 0.185. The number of aromatic nitrogens is 4. The molecule has 0 aromatic carbocycles. The van der Waals surface area contributed by atoms with Crippen molar-refractivity contribution < 1.29 is 9.90 Å². The van der Waals surface area contributed by atoms with E-state index in [1.54, 1.807) is 13.2 Å². The van der Waals surface area contributed by atoms with Gasteiger partial charge in [0.2, 0.25) is 5.95 Å². The zero-order valence-electron chi connectivity index (χ0n) is 14.7. The molecule has 7 N–H and O–H groups in total. The first-order chi connectivity index (χ1) is 13.4. The number of nitrogen functional groups attached to an aromatic ring is 1. The molecule has 1 aliphatic rings. The van der Waals surface area contributed by atoms with Crippen LogP contribution in [-0.2, 0) is 11.3 Å². The second-order valence-corrected chi connectivity index (χ2v) is 7.34. The molecule has 3 heterocycles. The molecular weight excluding hydrogens is 485 g/mol. The van der Waals surface area contributed by atoms with E-state index in [0.717, 1.165) is 0 Å². The number of carboxylic acids is 1. The van der Waals surface area contributed by atoms with E-state index >= 15 is 0 Å². The van der Waals surface area contributed by atoms with Crippen LogP contribution in [0.15, 0.2) is 24.6 Å². The number of anilines is 2. The van der Waals surface area contributed by atoms with Crippen molar-refractivity contribution in [3.63, 3.8) is 0 Å². The van der Waals surface area contributed by atoms with Crippen molar-refractivity contribution in [3.8, 4) is 0 Å². The Morgan fingerprint density at radius 1 is 1.43 bits per heavy atom. The zero-order valence-corrected chi connectivity index (χ0v) is 16.8. The minimum Gasteiger partial charge on any atom is -0.480 e. The molecule has 0 radical (unpaired) electrons. The maximum Gasteiger partial charge on any atom is 0.351 e. The standard InChI is InChI=1S/C14H18IN9O4/c1-17-13-21-10-8(11(25)22-13)9(16)20-14(28)24(10)3-2-18-7(12(26)27)4-6-5-19-15-23-6/h5,7,18H,2-4H2,1H3,(H,19,23)(H,26,27)(H2,16,20,28)(H2,17,21,22,25)/t7-/m0/s1. The number of carbonyl (C=O) groups is 1. The summed E-state index contributed by atoms with van der Waals surface area (Å²) in [5.74, 6) is -1.08. The van der Waals surface area contributed by atoms with Crippen LogP contribution >= 0.6 is 21.3 Å². The Balaban J connectivity index is 1.84. The summed E-state index contributed by atoms with van der Waals surface area (Å²) >= 11 is -0.487. The number of carboxylic acid groups (broad SMARTS) is 1. The van der Waals surface area contributed by atoms with Crippen LogP contribution in [0.3, 0.4) is 0 Å². The van der Waals surface area contributed by atoms with E-state index in [1.807, 2.05) is 0 Å². The summed E-state index contributed by atoms with van der Waals surface area (Å²) < 4.78 is 8.42. The topological polar surface area (TPSA) is 192 Å². The van der Waals surface area contributed by atoms with Gasteiger partial charge in [-0.05, 0) is 0 Å². The molecule has 0 amide bonds. The molecule has 3 rings (SSSR count). The summed E-state index contributed by atoms with van der Waals surface area (Å²) in [7, 11) is 1.57. The maximum atomic E-state index is 12.3. The highest BCUT2D eigenvalue weighted by atomic mass is 127. The highest BCUT2D eigenvalue weighted by molar-refractivity contribution is 14.1. The molecule has 1 aliphatic heterocycles. The van der Waals surface area contributed by atoms with Crippen LogP contribution < -0.4 is 31.1 Å². The number of nitrogens with one attached hydrogen (secondary N) is 4. The van der Waals surface area contributed by atoms with E-state index in [1.165, 1.54) is 4.57 Å². The van der Waals surface area contributed by atoms with Gasteiger partial charge in [-0.3, -0.25) is 19.1 Å². The molecule has 0 unspecified atom stereocenters. The lowest BCUT2D eigenvalue weighted by Gasteiger charge is -2.15. The molecule has 0 saturated carbocycles. The van der Waals surface area contributed by atoms with E-state index < -0.39 is 44.6 Å². The van der Waals surface area contributed by atoms with Crippen LogP contribution in [0.5, 0.6) is 0 Å². The molecule has 0 aliphatic carbocycles. The molecule has 1 atom stereocenters. The Hall–Kier alpha value is -2.88. The summed E-state index contributed by atoms with van der Waals surface area (Å²) in [6, 6.07) is -0.869. The molecule has 0 fully saturated rings. The Labute approximate surface area is 168 Å². The van der Waals surface area contributed by atoms with Crippen LogP contribution in [0.25, 0.3) is 11.0 Å². The average Bonchev–Trinajstić information content (AvgIpc) is 3.15. The third kappa shape index (κ3) is 4.16. The third-order valence-corrected chi connectivity index (χ3v) is 5.41. The number of nitrogens with zero attached hydrogens (tertiary/aromatic N) is 4. The molecule has 14 heteroatoms. The second kappa shape index (κ2) is 8.42. The fraction of sp³-hybridized carbons (Fsp3) is 0.357. The normalized spacial score (nSPS) is 14.2. The van der Waals surface area contributed by atoms with Crippen molar-refractivity contribution in [2.75, 3.05) is 24.6 Å². The van der Waals surface area contributed by atoms with Crippen molar-refractivity contribution in [2.45, 2.75) is 19.0 Å². The summed E-state index contributed by atoms with van der Waals surface area (Å²) in [4.78, 5) is 46.3. The fourth-order valence-electron chi connectivity index (χ4n) is 2.61. The molecule has 2 aromatic rings. The van der Waals surface area contributed by atoms with Gasteiger partial charge in [-0.2, -0.15) is 9.97 Å². The molecule has 0 saturated heterocycles. The van der Waals surface area contributed by atoms with Gasteiger partial charge in [0.15, 0.2) is 5.65 Å². The van der Waals surface area contributed by atoms with Crippen LogP contribution in [0.2, 0.25) is 0 Å². The van der Waals surface area contributed by atoms with Gasteiger partial charge in [0, 0.05) is 32.8 Å². The number of H-pyrrole nitrogens is 1.